The lowest BCUT2D eigenvalue weighted by molar-refractivity contribution is 0.124. The predicted octanol–water partition coefficient (Wildman–Crippen LogP) is 2.50. The molecule has 2 heterocycles. The molecule has 0 aromatic carbocycles. The second-order valence-electron chi connectivity index (χ2n) is 6.88. The summed E-state index contributed by atoms with van der Waals surface area (Å²) in [6.07, 6.45) is 5.64. The van der Waals surface area contributed by atoms with Gasteiger partial charge in [-0.2, -0.15) is 0 Å². The third-order valence-corrected chi connectivity index (χ3v) is 4.00. The highest BCUT2D eigenvalue weighted by atomic mass is 15.1. The van der Waals surface area contributed by atoms with Crippen LogP contribution in [0.15, 0.2) is 0 Å². The number of hydrogen-bond acceptors (Lipinski definition) is 2. The summed E-state index contributed by atoms with van der Waals surface area (Å²) in [5.74, 6) is 0.957. The van der Waals surface area contributed by atoms with E-state index in [1.165, 1.54) is 51.9 Å². The first-order valence-electron chi connectivity index (χ1n) is 7.00. The fourth-order valence-electron chi connectivity index (χ4n) is 3.30. The second kappa shape index (κ2) is 5.05. The lowest BCUT2D eigenvalue weighted by Crippen LogP contribution is -2.43. The number of rotatable bonds is 2. The van der Waals surface area contributed by atoms with Gasteiger partial charge in [-0.15, -0.1) is 0 Å². The van der Waals surface area contributed by atoms with Crippen molar-refractivity contribution in [3.05, 3.63) is 0 Å². The molecular formula is C14H28N2. The van der Waals surface area contributed by atoms with E-state index in [-0.39, 0.29) is 0 Å². The minimum absolute atomic E-state index is 0.457. The maximum Gasteiger partial charge on any atom is 0.00967 e. The van der Waals surface area contributed by atoms with Crippen molar-refractivity contribution in [2.24, 2.45) is 11.3 Å². The van der Waals surface area contributed by atoms with Gasteiger partial charge in [0, 0.05) is 12.6 Å². The van der Waals surface area contributed by atoms with Crippen molar-refractivity contribution in [3.63, 3.8) is 0 Å². The van der Waals surface area contributed by atoms with Crippen molar-refractivity contribution >= 4 is 0 Å². The highest BCUT2D eigenvalue weighted by Crippen LogP contribution is 2.27. The van der Waals surface area contributed by atoms with Gasteiger partial charge in [-0.25, -0.2) is 0 Å². The molecule has 2 saturated heterocycles. The molecule has 2 rings (SSSR count). The number of hydrogen-bond donors (Lipinski definition) is 1. The van der Waals surface area contributed by atoms with E-state index in [1.54, 1.807) is 0 Å². The van der Waals surface area contributed by atoms with E-state index >= 15 is 0 Å². The minimum Gasteiger partial charge on any atom is -0.314 e. The van der Waals surface area contributed by atoms with Crippen LogP contribution in [0.1, 0.15) is 46.5 Å². The Morgan fingerprint density at radius 2 is 1.81 bits per heavy atom. The van der Waals surface area contributed by atoms with Crippen LogP contribution in [0.25, 0.3) is 0 Å². The molecule has 1 atom stereocenters. The molecule has 0 bridgehead atoms. The molecule has 0 spiro atoms. The molecule has 0 amide bonds. The first-order valence-corrected chi connectivity index (χ1v) is 7.00. The SMILES string of the molecule is CC(C)(C)CN1CCC(C2CCCN2)CC1. The number of nitrogens with zero attached hydrogens (tertiary/aromatic N) is 1. The van der Waals surface area contributed by atoms with Crippen molar-refractivity contribution in [2.75, 3.05) is 26.2 Å². The molecule has 16 heavy (non-hydrogen) atoms. The topological polar surface area (TPSA) is 15.3 Å². The van der Waals surface area contributed by atoms with E-state index in [0.29, 0.717) is 5.41 Å². The Kier molecular flexibility index (Phi) is 3.91. The summed E-state index contributed by atoms with van der Waals surface area (Å²) in [7, 11) is 0. The van der Waals surface area contributed by atoms with Crippen molar-refractivity contribution in [2.45, 2.75) is 52.5 Å². The van der Waals surface area contributed by atoms with Gasteiger partial charge < -0.3 is 10.2 Å². The highest BCUT2D eigenvalue weighted by molar-refractivity contribution is 4.86. The van der Waals surface area contributed by atoms with E-state index < -0.39 is 0 Å². The van der Waals surface area contributed by atoms with Crippen molar-refractivity contribution in [1.29, 1.82) is 0 Å². The number of piperidine rings is 1. The largest absolute Gasteiger partial charge is 0.314 e. The zero-order valence-corrected chi connectivity index (χ0v) is 11.3. The Labute approximate surface area is 101 Å². The lowest BCUT2D eigenvalue weighted by atomic mass is 9.87. The van der Waals surface area contributed by atoms with Gasteiger partial charge in [-0.3, -0.25) is 0 Å². The fourth-order valence-corrected chi connectivity index (χ4v) is 3.30. The van der Waals surface area contributed by atoms with E-state index in [2.05, 4.69) is 31.0 Å². The standard InChI is InChI=1S/C14H28N2/c1-14(2,3)11-16-9-6-12(7-10-16)13-5-4-8-15-13/h12-13,15H,4-11H2,1-3H3. The molecule has 0 aromatic rings. The molecule has 1 N–H and O–H groups in total. The Balaban J connectivity index is 1.74. The van der Waals surface area contributed by atoms with Crippen molar-refractivity contribution < 1.29 is 0 Å². The third-order valence-electron chi connectivity index (χ3n) is 4.00. The first kappa shape index (κ1) is 12.4. The van der Waals surface area contributed by atoms with Gasteiger partial charge in [0.2, 0.25) is 0 Å². The van der Waals surface area contributed by atoms with Crippen LogP contribution in [-0.4, -0.2) is 37.1 Å². The lowest BCUT2D eigenvalue weighted by Gasteiger charge is -2.37. The van der Waals surface area contributed by atoms with Gasteiger partial charge in [0.05, 0.1) is 0 Å². The quantitative estimate of drug-likeness (QED) is 0.775. The van der Waals surface area contributed by atoms with Crippen LogP contribution in [0.5, 0.6) is 0 Å². The number of nitrogens with one attached hydrogen (secondary N) is 1. The minimum atomic E-state index is 0.457. The maximum absolute atomic E-state index is 3.67. The smallest absolute Gasteiger partial charge is 0.00967 e. The Hall–Kier alpha value is -0.0800. The van der Waals surface area contributed by atoms with Gasteiger partial charge >= 0.3 is 0 Å². The molecular weight excluding hydrogens is 196 g/mol. The summed E-state index contributed by atoms with van der Waals surface area (Å²) >= 11 is 0. The van der Waals surface area contributed by atoms with Gasteiger partial charge in [-0.1, -0.05) is 20.8 Å². The predicted molar refractivity (Wildman–Crippen MR) is 69.6 cm³/mol. The molecule has 94 valence electrons. The number of likely N-dealkylation sites (tertiary alicyclic amines) is 1. The maximum atomic E-state index is 3.67. The Morgan fingerprint density at radius 1 is 1.12 bits per heavy atom. The van der Waals surface area contributed by atoms with Crippen LogP contribution in [-0.2, 0) is 0 Å². The van der Waals surface area contributed by atoms with Crippen molar-refractivity contribution in [3.8, 4) is 0 Å². The highest BCUT2D eigenvalue weighted by Gasteiger charge is 2.29. The molecule has 0 radical (unpaired) electrons. The van der Waals surface area contributed by atoms with Crippen LogP contribution in [0.2, 0.25) is 0 Å². The van der Waals surface area contributed by atoms with Crippen LogP contribution >= 0.6 is 0 Å². The Morgan fingerprint density at radius 3 is 2.31 bits per heavy atom. The first-order chi connectivity index (χ1) is 7.54. The molecule has 2 heteroatoms. The molecule has 2 aliphatic heterocycles. The Bertz CT molecular complexity index is 205. The van der Waals surface area contributed by atoms with Gasteiger partial charge in [-0.05, 0) is 56.7 Å². The van der Waals surface area contributed by atoms with Crippen LogP contribution in [0.3, 0.4) is 0 Å². The van der Waals surface area contributed by atoms with E-state index in [4.69, 9.17) is 0 Å². The second-order valence-corrected chi connectivity index (χ2v) is 6.88. The third kappa shape index (κ3) is 3.46. The van der Waals surface area contributed by atoms with Crippen LogP contribution < -0.4 is 5.32 Å². The summed E-state index contributed by atoms with van der Waals surface area (Å²) < 4.78 is 0. The molecule has 2 fully saturated rings. The van der Waals surface area contributed by atoms with E-state index in [1.807, 2.05) is 0 Å². The van der Waals surface area contributed by atoms with Crippen molar-refractivity contribution in [1.82, 2.24) is 10.2 Å². The summed E-state index contributed by atoms with van der Waals surface area (Å²) in [5.41, 5.74) is 0.457. The van der Waals surface area contributed by atoms with Gasteiger partial charge in [0.1, 0.15) is 0 Å². The monoisotopic (exact) mass is 224 g/mol. The average molecular weight is 224 g/mol. The van der Waals surface area contributed by atoms with Crippen LogP contribution in [0, 0.1) is 11.3 Å². The zero-order valence-electron chi connectivity index (χ0n) is 11.3. The summed E-state index contributed by atoms with van der Waals surface area (Å²) in [5, 5.41) is 3.67. The average Bonchev–Trinajstić information content (AvgIpc) is 2.69. The zero-order chi connectivity index (χ0) is 11.6. The fraction of sp³-hybridized carbons (Fsp3) is 1.00. The molecule has 1 unspecified atom stereocenters. The molecule has 0 aliphatic carbocycles. The summed E-state index contributed by atoms with van der Waals surface area (Å²) in [6.45, 7) is 12.2. The molecule has 2 aliphatic rings. The molecule has 2 nitrogen and oxygen atoms in total. The summed E-state index contributed by atoms with van der Waals surface area (Å²) in [4.78, 5) is 2.66. The normalized spacial score (nSPS) is 29.8. The van der Waals surface area contributed by atoms with Gasteiger partial charge in [0.25, 0.3) is 0 Å². The molecule has 0 saturated carbocycles. The van der Waals surface area contributed by atoms with E-state index in [9.17, 15) is 0 Å². The van der Waals surface area contributed by atoms with Crippen LogP contribution in [0.4, 0.5) is 0 Å². The summed E-state index contributed by atoms with van der Waals surface area (Å²) in [6, 6.07) is 0.844. The van der Waals surface area contributed by atoms with Gasteiger partial charge in [0.15, 0.2) is 0 Å². The molecule has 0 aromatic heterocycles. The van der Waals surface area contributed by atoms with E-state index in [0.717, 1.165) is 12.0 Å².